The van der Waals surface area contributed by atoms with Gasteiger partial charge in [0.1, 0.15) is 0 Å². The van der Waals surface area contributed by atoms with Gasteiger partial charge < -0.3 is 10.1 Å². The molecule has 2 aliphatic rings. The zero-order chi connectivity index (χ0) is 14.0. The number of rotatable bonds is 3. The van der Waals surface area contributed by atoms with Crippen LogP contribution in [0.4, 0.5) is 8.78 Å². The third-order valence-corrected chi connectivity index (χ3v) is 3.83. The summed E-state index contributed by atoms with van der Waals surface area (Å²) in [5, 5.41) is 5.45. The van der Waals surface area contributed by atoms with Gasteiger partial charge in [-0.2, -0.15) is 0 Å². The fraction of sp³-hybridized carbons (Fsp3) is 0.923. The van der Waals surface area contributed by atoms with E-state index in [1.807, 2.05) is 0 Å². The molecule has 20 heavy (non-hydrogen) atoms. The van der Waals surface area contributed by atoms with Crippen LogP contribution >= 0.6 is 12.4 Å². The number of ether oxygens (including phenoxy) is 1. The minimum Gasteiger partial charge on any atom is -0.378 e. The quantitative estimate of drug-likeness (QED) is 0.834. The Morgan fingerprint density at radius 2 is 2.15 bits per heavy atom. The summed E-state index contributed by atoms with van der Waals surface area (Å²) < 4.78 is 31.7. The van der Waals surface area contributed by atoms with Crippen molar-refractivity contribution in [1.82, 2.24) is 10.6 Å². The van der Waals surface area contributed by atoms with E-state index in [0.717, 1.165) is 12.8 Å². The number of carbonyl (C=O) groups is 1. The van der Waals surface area contributed by atoms with Crippen LogP contribution in [0.15, 0.2) is 0 Å². The van der Waals surface area contributed by atoms with E-state index in [9.17, 15) is 13.6 Å². The lowest BCUT2D eigenvalue weighted by Crippen LogP contribution is -2.49. The Kier molecular flexibility index (Phi) is 6.16. The lowest BCUT2D eigenvalue weighted by molar-refractivity contribution is -0.125. The van der Waals surface area contributed by atoms with Gasteiger partial charge in [0.05, 0.1) is 18.7 Å². The van der Waals surface area contributed by atoms with Gasteiger partial charge in [-0.05, 0) is 18.8 Å². The average Bonchev–Trinajstić information content (AvgIpc) is 2.70. The van der Waals surface area contributed by atoms with Crippen molar-refractivity contribution >= 4 is 18.3 Å². The third-order valence-electron chi connectivity index (χ3n) is 3.83. The van der Waals surface area contributed by atoms with E-state index < -0.39 is 24.9 Å². The normalized spacial score (nSPS) is 32.8. The molecule has 7 heteroatoms. The Labute approximate surface area is 124 Å². The van der Waals surface area contributed by atoms with Gasteiger partial charge in [-0.3, -0.25) is 10.1 Å². The van der Waals surface area contributed by atoms with E-state index in [4.69, 9.17) is 4.74 Å². The van der Waals surface area contributed by atoms with Crippen LogP contribution in [0, 0.1) is 5.92 Å². The summed E-state index contributed by atoms with van der Waals surface area (Å²) in [6.45, 7) is 4.36. The molecule has 118 valence electrons. The lowest BCUT2D eigenvalue weighted by Gasteiger charge is -2.32. The molecule has 3 unspecified atom stereocenters. The summed E-state index contributed by atoms with van der Waals surface area (Å²) in [5.74, 6) is -2.68. The number of hydrogen-bond donors (Lipinski definition) is 2. The summed E-state index contributed by atoms with van der Waals surface area (Å²) in [6, 6.07) is -0.736. The van der Waals surface area contributed by atoms with Gasteiger partial charge in [-0.15, -0.1) is 12.4 Å². The second-order valence-electron chi connectivity index (χ2n) is 5.88. The van der Waals surface area contributed by atoms with E-state index in [-0.39, 0.29) is 30.5 Å². The monoisotopic (exact) mass is 312 g/mol. The van der Waals surface area contributed by atoms with Crippen molar-refractivity contribution in [3.63, 3.8) is 0 Å². The van der Waals surface area contributed by atoms with Crippen LogP contribution in [0.25, 0.3) is 0 Å². The Morgan fingerprint density at radius 1 is 1.45 bits per heavy atom. The van der Waals surface area contributed by atoms with Gasteiger partial charge in [0.25, 0.3) is 5.92 Å². The van der Waals surface area contributed by atoms with Crippen LogP contribution in [0.1, 0.15) is 33.1 Å². The highest BCUT2D eigenvalue weighted by Gasteiger charge is 2.42. The van der Waals surface area contributed by atoms with E-state index >= 15 is 0 Å². The minimum absolute atomic E-state index is 0. The van der Waals surface area contributed by atoms with Crippen molar-refractivity contribution in [2.24, 2.45) is 5.92 Å². The van der Waals surface area contributed by atoms with Crippen LogP contribution in [0.5, 0.6) is 0 Å². The van der Waals surface area contributed by atoms with Crippen molar-refractivity contribution in [2.75, 3.05) is 13.2 Å². The molecule has 3 atom stereocenters. The van der Waals surface area contributed by atoms with Crippen molar-refractivity contribution < 1.29 is 18.3 Å². The van der Waals surface area contributed by atoms with Crippen LogP contribution in [0.3, 0.4) is 0 Å². The molecule has 1 amide bonds. The van der Waals surface area contributed by atoms with Crippen LogP contribution in [0.2, 0.25) is 0 Å². The summed E-state index contributed by atoms with van der Waals surface area (Å²) in [7, 11) is 0. The molecule has 2 fully saturated rings. The highest BCUT2D eigenvalue weighted by atomic mass is 35.5. The van der Waals surface area contributed by atoms with Gasteiger partial charge in [-0.1, -0.05) is 13.8 Å². The standard InChI is InChI=1S/C13H22F2N2O2.ClH/c1-8(2)11-5-9(3-4-19-11)17-12(18)10-6-13(14,15)7-16-10;/h8-11,16H,3-7H2,1-2H3,(H,17,18);1H. The predicted molar refractivity (Wildman–Crippen MR) is 74.3 cm³/mol. The molecule has 0 aromatic heterocycles. The van der Waals surface area contributed by atoms with E-state index in [2.05, 4.69) is 24.5 Å². The van der Waals surface area contributed by atoms with Crippen molar-refractivity contribution in [3.8, 4) is 0 Å². The second-order valence-corrected chi connectivity index (χ2v) is 5.88. The smallest absolute Gasteiger partial charge is 0.262 e. The number of nitrogens with one attached hydrogen (secondary N) is 2. The third kappa shape index (κ3) is 4.53. The van der Waals surface area contributed by atoms with Gasteiger partial charge in [0.2, 0.25) is 5.91 Å². The van der Waals surface area contributed by atoms with Gasteiger partial charge >= 0.3 is 0 Å². The Balaban J connectivity index is 0.00000200. The maximum absolute atomic E-state index is 13.0. The molecular formula is C13H23ClF2N2O2. The maximum atomic E-state index is 13.0. The first kappa shape index (κ1) is 17.6. The first-order valence-corrected chi connectivity index (χ1v) is 6.90. The molecule has 2 N–H and O–H groups in total. The molecule has 0 spiro atoms. The topological polar surface area (TPSA) is 50.4 Å². The van der Waals surface area contributed by atoms with Crippen molar-refractivity contribution in [1.29, 1.82) is 0 Å². The fourth-order valence-electron chi connectivity index (χ4n) is 2.63. The molecule has 0 saturated carbocycles. The Morgan fingerprint density at radius 3 is 2.70 bits per heavy atom. The average molecular weight is 313 g/mol. The molecule has 0 radical (unpaired) electrons. The molecule has 0 aromatic carbocycles. The van der Waals surface area contributed by atoms with E-state index in [1.165, 1.54) is 0 Å². The molecule has 4 nitrogen and oxygen atoms in total. The highest BCUT2D eigenvalue weighted by Crippen LogP contribution is 2.26. The number of hydrogen-bond acceptors (Lipinski definition) is 3. The summed E-state index contributed by atoms with van der Waals surface area (Å²) in [6.07, 6.45) is 1.23. The Hall–Kier alpha value is -0.460. The van der Waals surface area contributed by atoms with Gasteiger partial charge in [0.15, 0.2) is 0 Å². The lowest BCUT2D eigenvalue weighted by atomic mass is 9.95. The van der Waals surface area contributed by atoms with Crippen LogP contribution < -0.4 is 10.6 Å². The molecule has 0 aliphatic carbocycles. The van der Waals surface area contributed by atoms with E-state index in [1.54, 1.807) is 0 Å². The molecule has 0 aromatic rings. The molecule has 2 saturated heterocycles. The number of carbonyl (C=O) groups excluding carboxylic acids is 1. The zero-order valence-electron chi connectivity index (χ0n) is 11.8. The van der Waals surface area contributed by atoms with E-state index in [0.29, 0.717) is 12.5 Å². The maximum Gasteiger partial charge on any atom is 0.262 e. The minimum atomic E-state index is -2.77. The predicted octanol–water partition coefficient (Wildman–Crippen LogP) is 1.73. The number of amides is 1. The number of halogens is 3. The van der Waals surface area contributed by atoms with Crippen LogP contribution in [-0.4, -0.2) is 43.2 Å². The Bertz CT molecular complexity index is 342. The van der Waals surface area contributed by atoms with Gasteiger partial charge in [0, 0.05) is 19.1 Å². The number of alkyl halides is 2. The summed E-state index contributed by atoms with van der Waals surface area (Å²) in [4.78, 5) is 11.9. The molecular weight excluding hydrogens is 290 g/mol. The second kappa shape index (κ2) is 7.00. The highest BCUT2D eigenvalue weighted by molar-refractivity contribution is 5.85. The largest absolute Gasteiger partial charge is 0.378 e. The SMILES string of the molecule is CC(C)C1CC(NC(=O)C2CC(F)(F)CN2)CCO1.Cl. The van der Waals surface area contributed by atoms with Crippen molar-refractivity contribution in [3.05, 3.63) is 0 Å². The molecule has 2 aliphatic heterocycles. The van der Waals surface area contributed by atoms with Gasteiger partial charge in [-0.25, -0.2) is 8.78 Å². The first-order chi connectivity index (χ1) is 8.87. The molecule has 0 bridgehead atoms. The molecule has 2 rings (SSSR count). The van der Waals surface area contributed by atoms with Crippen molar-refractivity contribution in [2.45, 2.75) is 57.2 Å². The molecule has 2 heterocycles. The van der Waals surface area contributed by atoms with Crippen LogP contribution in [-0.2, 0) is 9.53 Å². The first-order valence-electron chi connectivity index (χ1n) is 6.90. The summed E-state index contributed by atoms with van der Waals surface area (Å²) >= 11 is 0. The fourth-order valence-corrected chi connectivity index (χ4v) is 2.63. The zero-order valence-corrected chi connectivity index (χ0v) is 12.6. The summed E-state index contributed by atoms with van der Waals surface area (Å²) in [5.41, 5.74) is 0.